The quantitative estimate of drug-likeness (QED) is 0.730. The van der Waals surface area contributed by atoms with Gasteiger partial charge < -0.3 is 5.73 Å². The van der Waals surface area contributed by atoms with E-state index >= 15 is 0 Å². The molecule has 0 radical (unpaired) electrons. The molecule has 0 spiro atoms. The molecule has 0 saturated heterocycles. The van der Waals surface area contributed by atoms with Crippen LogP contribution in [0, 0.1) is 0 Å². The van der Waals surface area contributed by atoms with E-state index in [0.717, 1.165) is 12.0 Å². The summed E-state index contributed by atoms with van der Waals surface area (Å²) >= 11 is 0. The fourth-order valence-corrected chi connectivity index (χ4v) is 1.28. The number of aliphatic imine (C=N–C) groups is 1. The van der Waals surface area contributed by atoms with Crippen molar-refractivity contribution < 1.29 is 4.79 Å². The predicted octanol–water partition coefficient (Wildman–Crippen LogP) is 1.76. The Morgan fingerprint density at radius 3 is 2.67 bits per heavy atom. The van der Waals surface area contributed by atoms with Crippen molar-refractivity contribution in [2.45, 2.75) is 25.8 Å². The number of nitrogens with zero attached hydrogens (tertiary/aromatic N) is 1. The highest BCUT2D eigenvalue weighted by atomic mass is 16.1. The third-order valence-corrected chi connectivity index (χ3v) is 2.09. The van der Waals surface area contributed by atoms with Gasteiger partial charge in [-0.25, -0.2) is 0 Å². The molecule has 3 nitrogen and oxygen atoms in total. The van der Waals surface area contributed by atoms with E-state index in [0.29, 0.717) is 6.42 Å². The Kier molecular flexibility index (Phi) is 4.54. The monoisotopic (exact) mass is 204 g/mol. The second-order valence-electron chi connectivity index (χ2n) is 3.40. The van der Waals surface area contributed by atoms with Crippen LogP contribution in [0.2, 0.25) is 0 Å². The Hall–Kier alpha value is -1.64. The molecule has 0 aliphatic heterocycles. The maximum atomic E-state index is 11.0. The average Bonchev–Trinajstić information content (AvgIpc) is 2.25. The number of amides is 1. The highest BCUT2D eigenvalue weighted by molar-refractivity contribution is 5.85. The van der Waals surface area contributed by atoms with Gasteiger partial charge in [0.2, 0.25) is 5.91 Å². The van der Waals surface area contributed by atoms with Crippen molar-refractivity contribution in [1.82, 2.24) is 0 Å². The standard InChI is InChI=1S/C12H16N2O/c1-2-6-11(12(13)15)14-9-10-7-4-3-5-8-10/h3-5,7-9,11H,2,6H2,1H3,(H2,13,15)/t11-/m0/s1. The Bertz CT molecular complexity index is 333. The molecule has 1 aromatic rings. The van der Waals surface area contributed by atoms with Gasteiger partial charge in [-0.05, 0) is 12.0 Å². The SMILES string of the molecule is CCC[C@H](N=Cc1ccccc1)C(N)=O. The normalized spacial score (nSPS) is 12.9. The molecule has 0 aliphatic carbocycles. The van der Waals surface area contributed by atoms with E-state index in [1.807, 2.05) is 37.3 Å². The minimum absolute atomic E-state index is 0.357. The van der Waals surface area contributed by atoms with Gasteiger partial charge in [-0.1, -0.05) is 43.7 Å². The number of carbonyl (C=O) groups excluding carboxylic acids is 1. The lowest BCUT2D eigenvalue weighted by Gasteiger charge is -2.05. The minimum Gasteiger partial charge on any atom is -0.368 e. The summed E-state index contributed by atoms with van der Waals surface area (Å²) in [6.07, 6.45) is 3.31. The van der Waals surface area contributed by atoms with Crippen LogP contribution in [-0.2, 0) is 4.79 Å². The number of hydrogen-bond acceptors (Lipinski definition) is 2. The molecular formula is C12H16N2O. The van der Waals surface area contributed by atoms with Gasteiger partial charge in [0.15, 0.2) is 0 Å². The zero-order valence-electron chi connectivity index (χ0n) is 8.89. The third-order valence-electron chi connectivity index (χ3n) is 2.09. The van der Waals surface area contributed by atoms with Gasteiger partial charge in [0, 0.05) is 6.21 Å². The third kappa shape index (κ3) is 3.94. The number of primary amides is 1. The van der Waals surface area contributed by atoms with Crippen LogP contribution in [0.15, 0.2) is 35.3 Å². The predicted molar refractivity (Wildman–Crippen MR) is 61.9 cm³/mol. The Morgan fingerprint density at radius 1 is 1.47 bits per heavy atom. The molecule has 0 heterocycles. The Labute approximate surface area is 90.0 Å². The zero-order valence-corrected chi connectivity index (χ0v) is 8.89. The van der Waals surface area contributed by atoms with Gasteiger partial charge in [0.25, 0.3) is 0 Å². The van der Waals surface area contributed by atoms with Crippen LogP contribution in [0.25, 0.3) is 0 Å². The fourth-order valence-electron chi connectivity index (χ4n) is 1.28. The van der Waals surface area contributed by atoms with Crippen LogP contribution in [0.5, 0.6) is 0 Å². The van der Waals surface area contributed by atoms with E-state index in [1.165, 1.54) is 0 Å². The van der Waals surface area contributed by atoms with Gasteiger partial charge >= 0.3 is 0 Å². The molecule has 1 aromatic carbocycles. The molecule has 80 valence electrons. The summed E-state index contributed by atoms with van der Waals surface area (Å²) in [6.45, 7) is 2.01. The van der Waals surface area contributed by atoms with Gasteiger partial charge in [0.05, 0.1) is 0 Å². The van der Waals surface area contributed by atoms with Crippen molar-refractivity contribution in [3.8, 4) is 0 Å². The largest absolute Gasteiger partial charge is 0.368 e. The van der Waals surface area contributed by atoms with Crippen molar-refractivity contribution in [3.63, 3.8) is 0 Å². The molecule has 1 atom stereocenters. The molecule has 0 bridgehead atoms. The number of nitrogens with two attached hydrogens (primary N) is 1. The van der Waals surface area contributed by atoms with Crippen LogP contribution in [0.1, 0.15) is 25.3 Å². The second-order valence-corrected chi connectivity index (χ2v) is 3.40. The maximum absolute atomic E-state index is 11.0. The van der Waals surface area contributed by atoms with Gasteiger partial charge in [-0.3, -0.25) is 9.79 Å². The highest BCUT2D eigenvalue weighted by Gasteiger charge is 2.10. The minimum atomic E-state index is -0.393. The fraction of sp³-hybridized carbons (Fsp3) is 0.333. The first-order chi connectivity index (χ1) is 7.24. The molecule has 15 heavy (non-hydrogen) atoms. The molecule has 3 heteroatoms. The van der Waals surface area contributed by atoms with E-state index in [2.05, 4.69) is 4.99 Å². The molecule has 1 amide bonds. The lowest BCUT2D eigenvalue weighted by molar-refractivity contribution is -0.119. The van der Waals surface area contributed by atoms with E-state index in [1.54, 1.807) is 6.21 Å². The number of rotatable bonds is 5. The molecule has 0 aromatic heterocycles. The summed E-state index contributed by atoms with van der Waals surface area (Å²) in [5, 5.41) is 0. The Balaban J connectivity index is 2.65. The van der Waals surface area contributed by atoms with Crippen molar-refractivity contribution in [1.29, 1.82) is 0 Å². The van der Waals surface area contributed by atoms with Crippen molar-refractivity contribution in [3.05, 3.63) is 35.9 Å². The van der Waals surface area contributed by atoms with E-state index in [4.69, 9.17) is 5.73 Å². The van der Waals surface area contributed by atoms with E-state index in [9.17, 15) is 4.79 Å². The van der Waals surface area contributed by atoms with Crippen molar-refractivity contribution >= 4 is 12.1 Å². The lowest BCUT2D eigenvalue weighted by Crippen LogP contribution is -2.26. The molecular weight excluding hydrogens is 188 g/mol. The molecule has 2 N–H and O–H groups in total. The number of carbonyl (C=O) groups is 1. The summed E-state index contributed by atoms with van der Waals surface area (Å²) in [5.74, 6) is -0.357. The summed E-state index contributed by atoms with van der Waals surface area (Å²) in [6, 6.07) is 9.28. The number of hydrogen-bond donors (Lipinski definition) is 1. The lowest BCUT2D eigenvalue weighted by atomic mass is 10.1. The number of benzene rings is 1. The smallest absolute Gasteiger partial charge is 0.242 e. The first-order valence-corrected chi connectivity index (χ1v) is 5.11. The molecule has 1 rings (SSSR count). The van der Waals surface area contributed by atoms with E-state index in [-0.39, 0.29) is 5.91 Å². The topological polar surface area (TPSA) is 55.4 Å². The van der Waals surface area contributed by atoms with Crippen LogP contribution in [-0.4, -0.2) is 18.2 Å². The first-order valence-electron chi connectivity index (χ1n) is 5.11. The second kappa shape index (κ2) is 5.96. The van der Waals surface area contributed by atoms with Crippen LogP contribution >= 0.6 is 0 Å². The van der Waals surface area contributed by atoms with Crippen LogP contribution in [0.4, 0.5) is 0 Å². The van der Waals surface area contributed by atoms with Crippen molar-refractivity contribution in [2.24, 2.45) is 10.7 Å². The van der Waals surface area contributed by atoms with Gasteiger partial charge in [0.1, 0.15) is 6.04 Å². The maximum Gasteiger partial charge on any atom is 0.242 e. The Morgan fingerprint density at radius 2 is 2.13 bits per heavy atom. The summed E-state index contributed by atoms with van der Waals surface area (Å²) < 4.78 is 0. The van der Waals surface area contributed by atoms with E-state index < -0.39 is 6.04 Å². The van der Waals surface area contributed by atoms with Gasteiger partial charge in [-0.2, -0.15) is 0 Å². The first kappa shape index (κ1) is 11.4. The van der Waals surface area contributed by atoms with Crippen LogP contribution < -0.4 is 5.73 Å². The van der Waals surface area contributed by atoms with Crippen molar-refractivity contribution in [2.75, 3.05) is 0 Å². The average molecular weight is 204 g/mol. The zero-order chi connectivity index (χ0) is 11.1. The summed E-state index contributed by atoms with van der Waals surface area (Å²) in [7, 11) is 0. The molecule has 0 saturated carbocycles. The van der Waals surface area contributed by atoms with Crippen LogP contribution in [0.3, 0.4) is 0 Å². The van der Waals surface area contributed by atoms with Gasteiger partial charge in [-0.15, -0.1) is 0 Å². The molecule has 0 fully saturated rings. The molecule has 0 unspecified atom stereocenters. The molecule has 0 aliphatic rings. The summed E-state index contributed by atoms with van der Waals surface area (Å²) in [5.41, 5.74) is 6.22. The summed E-state index contributed by atoms with van der Waals surface area (Å²) in [4.78, 5) is 15.2. The highest BCUT2D eigenvalue weighted by Crippen LogP contribution is 2.02.